The molecule has 0 fully saturated rings. The van der Waals surface area contributed by atoms with Gasteiger partial charge in [0.1, 0.15) is 13.2 Å². The van der Waals surface area contributed by atoms with Gasteiger partial charge in [0, 0.05) is 6.42 Å². The van der Waals surface area contributed by atoms with Gasteiger partial charge in [0.05, 0.1) is 39.9 Å². The van der Waals surface area contributed by atoms with Gasteiger partial charge in [-0.1, -0.05) is 230 Å². The third-order valence-corrected chi connectivity index (χ3v) is 12.8. The van der Waals surface area contributed by atoms with E-state index in [0.717, 1.165) is 38.5 Å². The molecule has 0 aromatic carbocycles. The van der Waals surface area contributed by atoms with Gasteiger partial charge in [0.25, 0.3) is 7.82 Å². The zero-order valence-corrected chi connectivity index (χ0v) is 42.5. The Morgan fingerprint density at radius 1 is 0.565 bits per heavy atom. The van der Waals surface area contributed by atoms with E-state index in [1.807, 2.05) is 34.1 Å². The molecule has 0 aromatic heterocycles. The Labute approximate surface area is 385 Å². The van der Waals surface area contributed by atoms with Crippen LogP contribution in [-0.4, -0.2) is 68.5 Å². The van der Waals surface area contributed by atoms with Crippen molar-refractivity contribution in [2.24, 2.45) is 0 Å². The average Bonchev–Trinajstić information content (AvgIpc) is 3.23. The van der Waals surface area contributed by atoms with Gasteiger partial charge in [-0.2, -0.15) is 0 Å². The fraction of sp³-hybridized carbons (Fsp3) is 0.868. The second-order valence-corrected chi connectivity index (χ2v) is 20.6. The SMILES string of the molecule is CCC/C=C/C(O)C(COP(=O)([O-])OCC[N+](C)(C)C)NC(=O)CCCCCCCCCCCCCCCCCCCCCCCCCCC/C=C\C/C=C\CCCCCCC. The predicted octanol–water partition coefficient (Wildman–Crippen LogP) is 14.8. The molecule has 9 heteroatoms. The number of aliphatic hydroxyl groups excluding tert-OH is 1. The van der Waals surface area contributed by atoms with Crippen molar-refractivity contribution < 1.29 is 32.9 Å². The molecule has 0 spiro atoms. The minimum absolute atomic E-state index is 0.00136. The molecular weight excluding hydrogens is 792 g/mol. The van der Waals surface area contributed by atoms with Crippen LogP contribution in [0.2, 0.25) is 0 Å². The van der Waals surface area contributed by atoms with Crippen molar-refractivity contribution in [3.8, 4) is 0 Å². The quantitative estimate of drug-likeness (QED) is 0.0273. The second kappa shape index (κ2) is 44.9. The number of nitrogens with one attached hydrogen (secondary N) is 1. The number of carbonyl (C=O) groups excluding carboxylic acids is 1. The van der Waals surface area contributed by atoms with E-state index in [0.29, 0.717) is 17.4 Å². The van der Waals surface area contributed by atoms with E-state index in [9.17, 15) is 19.4 Å². The maximum atomic E-state index is 12.7. The number of phosphoric acid groups is 1. The molecule has 0 aromatic rings. The lowest BCUT2D eigenvalue weighted by molar-refractivity contribution is -0.870. The third-order valence-electron chi connectivity index (χ3n) is 11.8. The normalized spacial score (nSPS) is 14.4. The molecule has 0 bridgehead atoms. The van der Waals surface area contributed by atoms with E-state index in [-0.39, 0.29) is 19.1 Å². The van der Waals surface area contributed by atoms with E-state index in [1.165, 1.54) is 186 Å². The highest BCUT2D eigenvalue weighted by molar-refractivity contribution is 7.45. The summed E-state index contributed by atoms with van der Waals surface area (Å²) in [4.78, 5) is 25.0. The van der Waals surface area contributed by atoms with Crippen molar-refractivity contribution in [3.63, 3.8) is 0 Å². The second-order valence-electron chi connectivity index (χ2n) is 19.2. The van der Waals surface area contributed by atoms with Gasteiger partial charge in [-0.25, -0.2) is 0 Å². The lowest BCUT2D eigenvalue weighted by atomic mass is 10.0. The number of phosphoric ester groups is 1. The highest BCUT2D eigenvalue weighted by Gasteiger charge is 2.23. The first kappa shape index (κ1) is 60.7. The van der Waals surface area contributed by atoms with Gasteiger partial charge in [0.2, 0.25) is 5.91 Å². The van der Waals surface area contributed by atoms with Crippen LogP contribution in [0.25, 0.3) is 0 Å². The van der Waals surface area contributed by atoms with Crippen LogP contribution < -0.4 is 10.2 Å². The van der Waals surface area contributed by atoms with Gasteiger partial charge in [0.15, 0.2) is 0 Å². The molecule has 62 heavy (non-hydrogen) atoms. The van der Waals surface area contributed by atoms with E-state index >= 15 is 0 Å². The predicted molar refractivity (Wildman–Crippen MR) is 265 cm³/mol. The smallest absolute Gasteiger partial charge is 0.268 e. The monoisotopic (exact) mass is 895 g/mol. The molecule has 0 heterocycles. The Bertz CT molecular complexity index is 1110. The van der Waals surface area contributed by atoms with Crippen LogP contribution >= 0.6 is 7.82 Å². The molecule has 366 valence electrons. The molecule has 2 N–H and O–H groups in total. The first-order chi connectivity index (χ1) is 30.0. The summed E-state index contributed by atoms with van der Waals surface area (Å²) in [5, 5.41) is 13.4. The topological polar surface area (TPSA) is 108 Å². The van der Waals surface area contributed by atoms with Gasteiger partial charge in [-0.15, -0.1) is 0 Å². The zero-order chi connectivity index (χ0) is 45.7. The number of aliphatic hydroxyl groups is 1. The lowest BCUT2D eigenvalue weighted by Crippen LogP contribution is -2.45. The average molecular weight is 895 g/mol. The van der Waals surface area contributed by atoms with E-state index in [1.54, 1.807) is 6.08 Å². The first-order valence-corrected chi connectivity index (χ1v) is 27.8. The number of hydrogen-bond acceptors (Lipinski definition) is 6. The summed E-state index contributed by atoms with van der Waals surface area (Å²) in [6.07, 6.45) is 57.7. The summed E-state index contributed by atoms with van der Waals surface area (Å²) in [5.41, 5.74) is 0. The fourth-order valence-corrected chi connectivity index (χ4v) is 8.39. The summed E-state index contributed by atoms with van der Waals surface area (Å²) >= 11 is 0. The van der Waals surface area contributed by atoms with Crippen LogP contribution in [0.1, 0.15) is 245 Å². The molecule has 8 nitrogen and oxygen atoms in total. The van der Waals surface area contributed by atoms with Crippen LogP contribution in [0.4, 0.5) is 0 Å². The number of amides is 1. The Balaban J connectivity index is 3.62. The summed E-state index contributed by atoms with van der Waals surface area (Å²) in [6, 6.07) is -0.879. The Morgan fingerprint density at radius 2 is 0.968 bits per heavy atom. The summed E-state index contributed by atoms with van der Waals surface area (Å²) < 4.78 is 22.9. The van der Waals surface area contributed by atoms with Crippen molar-refractivity contribution >= 4 is 13.7 Å². The lowest BCUT2D eigenvalue weighted by Gasteiger charge is -2.29. The van der Waals surface area contributed by atoms with Crippen LogP contribution in [0, 0.1) is 0 Å². The van der Waals surface area contributed by atoms with E-state index < -0.39 is 20.0 Å². The molecule has 0 aliphatic heterocycles. The molecule has 0 radical (unpaired) electrons. The van der Waals surface area contributed by atoms with Crippen LogP contribution in [0.5, 0.6) is 0 Å². The Kier molecular flexibility index (Phi) is 44.0. The largest absolute Gasteiger partial charge is 0.756 e. The van der Waals surface area contributed by atoms with Crippen molar-refractivity contribution in [2.45, 2.75) is 257 Å². The van der Waals surface area contributed by atoms with Crippen LogP contribution in [-0.2, 0) is 18.4 Å². The van der Waals surface area contributed by atoms with Crippen molar-refractivity contribution in [2.75, 3.05) is 40.9 Å². The standard InChI is InChI=1S/C53H103N2O6P/c1-6-8-10-11-12-13-14-15-16-17-18-19-20-21-22-23-24-25-26-27-28-29-30-31-32-33-34-35-36-37-38-39-40-41-42-43-45-47-53(57)54-51(52(56)46-44-9-7-2)50-61-62(58,59)60-49-48-55(3,4)5/h14-15,17-18,44,46,51-52,56H,6-13,16,19-43,45,47-50H2,1-5H3,(H-,54,57,58,59)/b15-14-,18-17-,46-44+. The Hall–Kier alpha value is -1.28. The summed E-state index contributed by atoms with van der Waals surface area (Å²) in [5.74, 6) is -0.206. The number of rotatable bonds is 48. The zero-order valence-electron chi connectivity index (χ0n) is 41.6. The molecule has 0 rings (SSSR count). The van der Waals surface area contributed by atoms with Crippen molar-refractivity contribution in [1.82, 2.24) is 5.32 Å². The van der Waals surface area contributed by atoms with Gasteiger partial charge in [-0.05, 0) is 44.9 Å². The maximum absolute atomic E-state index is 12.7. The number of carbonyl (C=O) groups is 1. The highest BCUT2D eigenvalue weighted by Crippen LogP contribution is 2.38. The Morgan fingerprint density at radius 3 is 1.37 bits per heavy atom. The first-order valence-electron chi connectivity index (χ1n) is 26.4. The minimum Gasteiger partial charge on any atom is -0.756 e. The fourth-order valence-electron chi connectivity index (χ4n) is 7.66. The molecule has 0 saturated carbocycles. The molecule has 0 aliphatic rings. The van der Waals surface area contributed by atoms with Crippen LogP contribution in [0.3, 0.4) is 0 Å². The van der Waals surface area contributed by atoms with Crippen molar-refractivity contribution in [3.05, 3.63) is 36.5 Å². The summed E-state index contributed by atoms with van der Waals surface area (Å²) in [7, 11) is 1.26. The van der Waals surface area contributed by atoms with Gasteiger partial charge < -0.3 is 28.8 Å². The van der Waals surface area contributed by atoms with Crippen molar-refractivity contribution in [1.29, 1.82) is 0 Å². The molecule has 3 atom stereocenters. The highest BCUT2D eigenvalue weighted by atomic mass is 31.2. The molecule has 0 aliphatic carbocycles. The third kappa shape index (κ3) is 46.7. The minimum atomic E-state index is -4.56. The molecule has 3 unspecified atom stereocenters. The van der Waals surface area contributed by atoms with E-state index in [4.69, 9.17) is 9.05 Å². The number of hydrogen-bond donors (Lipinski definition) is 2. The summed E-state index contributed by atoms with van der Waals surface area (Å²) in [6.45, 7) is 4.43. The van der Waals surface area contributed by atoms with Gasteiger partial charge in [-0.3, -0.25) is 9.36 Å². The number of quaternary nitrogens is 1. The number of allylic oxidation sites excluding steroid dienone is 5. The number of likely N-dealkylation sites (N-methyl/N-ethyl adjacent to an activating group) is 1. The van der Waals surface area contributed by atoms with Gasteiger partial charge >= 0.3 is 0 Å². The molecule has 1 amide bonds. The van der Waals surface area contributed by atoms with Crippen LogP contribution in [0.15, 0.2) is 36.5 Å². The molecular formula is C53H103N2O6P. The number of nitrogens with zero attached hydrogens (tertiary/aromatic N) is 1. The van der Waals surface area contributed by atoms with E-state index in [2.05, 4.69) is 36.5 Å². The maximum Gasteiger partial charge on any atom is 0.268 e. The molecule has 0 saturated heterocycles. The number of unbranched alkanes of at least 4 members (excludes halogenated alkanes) is 31.